The third-order valence-electron chi connectivity index (χ3n) is 3.44. The van der Waals surface area contributed by atoms with E-state index in [2.05, 4.69) is 41.5 Å². The van der Waals surface area contributed by atoms with Crippen LogP contribution in [0.25, 0.3) is 0 Å². The van der Waals surface area contributed by atoms with Crippen LogP contribution in [0, 0.1) is 6.92 Å². The number of rotatable bonds is 6. The van der Waals surface area contributed by atoms with Crippen molar-refractivity contribution in [1.82, 2.24) is 15.5 Å². The van der Waals surface area contributed by atoms with Crippen molar-refractivity contribution in [2.24, 2.45) is 0 Å². The van der Waals surface area contributed by atoms with Crippen LogP contribution in [-0.4, -0.2) is 17.2 Å². The fourth-order valence-electron chi connectivity index (χ4n) is 2.13. The van der Waals surface area contributed by atoms with Crippen LogP contribution in [0.2, 0.25) is 0 Å². The molecule has 0 spiro atoms. The largest absolute Gasteiger partial charge is 0.487 e. The van der Waals surface area contributed by atoms with Crippen molar-refractivity contribution in [2.45, 2.75) is 39.8 Å². The second kappa shape index (κ2) is 6.57. The number of H-pyrrole nitrogens is 1. The van der Waals surface area contributed by atoms with E-state index in [9.17, 15) is 0 Å². The molecule has 1 aromatic heterocycles. The minimum absolute atomic E-state index is 0.488. The summed E-state index contributed by atoms with van der Waals surface area (Å²) >= 11 is 0. The third kappa shape index (κ3) is 3.39. The summed E-state index contributed by atoms with van der Waals surface area (Å²) in [5.41, 5.74) is 4.56. The van der Waals surface area contributed by atoms with Crippen molar-refractivity contribution in [3.05, 3.63) is 46.8 Å². The Kier molecular flexibility index (Phi) is 4.79. The Balaban J connectivity index is 2.01. The van der Waals surface area contributed by atoms with Gasteiger partial charge < -0.3 is 10.1 Å². The van der Waals surface area contributed by atoms with Crippen molar-refractivity contribution in [3.8, 4) is 5.75 Å². The summed E-state index contributed by atoms with van der Waals surface area (Å²) in [6.45, 7) is 7.69. The zero-order valence-corrected chi connectivity index (χ0v) is 12.7. The third-order valence-corrected chi connectivity index (χ3v) is 3.44. The van der Waals surface area contributed by atoms with Gasteiger partial charge in [0.2, 0.25) is 0 Å². The molecule has 1 aromatic carbocycles. The van der Waals surface area contributed by atoms with Gasteiger partial charge in [0.15, 0.2) is 0 Å². The molecule has 2 N–H and O–H groups in total. The molecule has 4 heteroatoms. The minimum Gasteiger partial charge on any atom is -0.487 e. The van der Waals surface area contributed by atoms with E-state index in [-0.39, 0.29) is 0 Å². The molecule has 0 aliphatic heterocycles. The van der Waals surface area contributed by atoms with Crippen molar-refractivity contribution < 1.29 is 4.74 Å². The molecule has 0 radical (unpaired) electrons. The summed E-state index contributed by atoms with van der Waals surface area (Å²) in [4.78, 5) is 0. The molecule has 0 saturated heterocycles. The fourth-order valence-corrected chi connectivity index (χ4v) is 2.13. The van der Waals surface area contributed by atoms with Crippen LogP contribution in [0.1, 0.15) is 42.3 Å². The summed E-state index contributed by atoms with van der Waals surface area (Å²) < 4.78 is 5.82. The van der Waals surface area contributed by atoms with Crippen LogP contribution in [0.3, 0.4) is 0 Å². The van der Waals surface area contributed by atoms with Crippen molar-refractivity contribution >= 4 is 0 Å². The van der Waals surface area contributed by atoms with Gasteiger partial charge >= 0.3 is 0 Å². The van der Waals surface area contributed by atoms with Gasteiger partial charge in [0.05, 0.1) is 0 Å². The van der Waals surface area contributed by atoms with Crippen LogP contribution in [0.4, 0.5) is 0 Å². The maximum absolute atomic E-state index is 5.82. The summed E-state index contributed by atoms with van der Waals surface area (Å²) in [6.07, 6.45) is 0. The van der Waals surface area contributed by atoms with E-state index >= 15 is 0 Å². The number of aromatic amines is 1. The van der Waals surface area contributed by atoms with E-state index in [0.717, 1.165) is 23.7 Å². The number of aromatic nitrogens is 2. The Morgan fingerprint density at radius 3 is 2.55 bits per heavy atom. The quantitative estimate of drug-likeness (QED) is 0.850. The highest BCUT2D eigenvalue weighted by atomic mass is 16.5. The molecule has 2 rings (SSSR count). The second-order valence-electron chi connectivity index (χ2n) is 5.32. The topological polar surface area (TPSA) is 49.9 Å². The lowest BCUT2D eigenvalue weighted by Crippen LogP contribution is -2.09. The Morgan fingerprint density at radius 1 is 1.25 bits per heavy atom. The monoisotopic (exact) mass is 273 g/mol. The van der Waals surface area contributed by atoms with Gasteiger partial charge in [-0.15, -0.1) is 0 Å². The van der Waals surface area contributed by atoms with E-state index in [0.29, 0.717) is 12.5 Å². The zero-order valence-electron chi connectivity index (χ0n) is 12.7. The first-order valence-corrected chi connectivity index (χ1v) is 7.02. The van der Waals surface area contributed by atoms with E-state index in [1.807, 2.05) is 26.1 Å². The predicted octanol–water partition coefficient (Wildman–Crippen LogP) is 3.14. The van der Waals surface area contributed by atoms with Crippen LogP contribution >= 0.6 is 0 Å². The fraction of sp³-hybridized carbons (Fsp3) is 0.438. The molecule has 108 valence electrons. The lowest BCUT2D eigenvalue weighted by atomic mass is 10.0. The number of aryl methyl sites for hydroxylation is 1. The molecule has 2 aromatic rings. The molecule has 0 unspecified atom stereocenters. The first-order valence-electron chi connectivity index (χ1n) is 7.02. The highest BCUT2D eigenvalue weighted by Gasteiger charge is 2.10. The average Bonchev–Trinajstić information content (AvgIpc) is 2.79. The van der Waals surface area contributed by atoms with Gasteiger partial charge in [-0.05, 0) is 37.6 Å². The van der Waals surface area contributed by atoms with Gasteiger partial charge in [-0.3, -0.25) is 5.10 Å². The SMILES string of the molecule is CNCc1c(COc2ccc(C(C)C)cc2)n[nH]c1C. The average molecular weight is 273 g/mol. The maximum atomic E-state index is 5.82. The molecule has 0 atom stereocenters. The minimum atomic E-state index is 0.488. The highest BCUT2D eigenvalue weighted by molar-refractivity contribution is 5.30. The molecular formula is C16H23N3O. The van der Waals surface area contributed by atoms with Gasteiger partial charge in [-0.25, -0.2) is 0 Å². The zero-order chi connectivity index (χ0) is 14.5. The Labute approximate surface area is 120 Å². The Hall–Kier alpha value is -1.81. The summed E-state index contributed by atoms with van der Waals surface area (Å²) in [5.74, 6) is 1.42. The summed E-state index contributed by atoms with van der Waals surface area (Å²) in [7, 11) is 1.93. The van der Waals surface area contributed by atoms with Crippen molar-refractivity contribution in [3.63, 3.8) is 0 Å². The van der Waals surface area contributed by atoms with E-state index in [1.54, 1.807) is 0 Å². The predicted molar refractivity (Wildman–Crippen MR) is 81.0 cm³/mol. The van der Waals surface area contributed by atoms with Crippen LogP contribution in [-0.2, 0) is 13.2 Å². The van der Waals surface area contributed by atoms with Gasteiger partial charge in [0, 0.05) is 17.8 Å². The maximum Gasteiger partial charge on any atom is 0.132 e. The molecule has 4 nitrogen and oxygen atoms in total. The molecule has 0 saturated carbocycles. The molecule has 0 amide bonds. The molecule has 0 bridgehead atoms. The highest BCUT2D eigenvalue weighted by Crippen LogP contribution is 2.20. The van der Waals surface area contributed by atoms with Gasteiger partial charge in [0.1, 0.15) is 18.1 Å². The van der Waals surface area contributed by atoms with Gasteiger partial charge in [0.25, 0.3) is 0 Å². The Morgan fingerprint density at radius 2 is 1.95 bits per heavy atom. The van der Waals surface area contributed by atoms with E-state index < -0.39 is 0 Å². The van der Waals surface area contributed by atoms with Gasteiger partial charge in [-0.1, -0.05) is 26.0 Å². The summed E-state index contributed by atoms with van der Waals surface area (Å²) in [5, 5.41) is 10.5. The standard InChI is InChI=1S/C16H23N3O/c1-11(2)13-5-7-14(8-6-13)20-10-16-15(9-17-4)12(3)18-19-16/h5-8,11,17H,9-10H2,1-4H3,(H,18,19). The Bertz CT molecular complexity index is 543. The smallest absolute Gasteiger partial charge is 0.132 e. The van der Waals surface area contributed by atoms with Crippen LogP contribution in [0.5, 0.6) is 5.75 Å². The molecule has 0 aliphatic carbocycles. The normalized spacial score (nSPS) is 11.1. The lowest BCUT2D eigenvalue weighted by Gasteiger charge is -2.09. The second-order valence-corrected chi connectivity index (χ2v) is 5.32. The number of hydrogen-bond donors (Lipinski definition) is 2. The molecule has 1 heterocycles. The lowest BCUT2D eigenvalue weighted by molar-refractivity contribution is 0.299. The summed E-state index contributed by atoms with van der Waals surface area (Å²) in [6, 6.07) is 8.27. The van der Waals surface area contributed by atoms with Crippen LogP contribution < -0.4 is 10.1 Å². The van der Waals surface area contributed by atoms with Crippen molar-refractivity contribution in [1.29, 1.82) is 0 Å². The van der Waals surface area contributed by atoms with Gasteiger partial charge in [-0.2, -0.15) is 5.10 Å². The molecular weight excluding hydrogens is 250 g/mol. The number of ether oxygens (including phenoxy) is 1. The number of hydrogen-bond acceptors (Lipinski definition) is 3. The number of nitrogens with one attached hydrogen (secondary N) is 2. The van der Waals surface area contributed by atoms with Crippen molar-refractivity contribution in [2.75, 3.05) is 7.05 Å². The first-order chi connectivity index (χ1) is 9.61. The number of nitrogens with zero attached hydrogens (tertiary/aromatic N) is 1. The number of benzene rings is 1. The van der Waals surface area contributed by atoms with E-state index in [1.165, 1.54) is 11.1 Å². The molecule has 20 heavy (non-hydrogen) atoms. The van der Waals surface area contributed by atoms with E-state index in [4.69, 9.17) is 4.74 Å². The molecule has 0 aliphatic rings. The first kappa shape index (κ1) is 14.6. The molecule has 0 fully saturated rings. The van der Waals surface area contributed by atoms with Crippen LogP contribution in [0.15, 0.2) is 24.3 Å².